The summed E-state index contributed by atoms with van der Waals surface area (Å²) in [6.45, 7) is 3.92. The molecule has 17 heavy (non-hydrogen) atoms. The fraction of sp³-hybridized carbons (Fsp3) is 0.143. The van der Waals surface area contributed by atoms with Crippen molar-refractivity contribution in [2.24, 2.45) is 0 Å². The number of pyridine rings is 2. The zero-order chi connectivity index (χ0) is 12.3. The van der Waals surface area contributed by atoms with Gasteiger partial charge >= 0.3 is 0 Å². The lowest BCUT2D eigenvalue weighted by Crippen LogP contribution is -1.86. The second kappa shape index (κ2) is 4.87. The molecule has 0 aliphatic rings. The van der Waals surface area contributed by atoms with Gasteiger partial charge in [0.25, 0.3) is 0 Å². The Bertz CT molecular complexity index is 524. The Kier molecular flexibility index (Phi) is 3.28. The maximum atomic E-state index is 12.6. The van der Waals surface area contributed by atoms with Gasteiger partial charge in [0.2, 0.25) is 5.95 Å². The normalized spacial score (nSPS) is 11.0. The summed E-state index contributed by atoms with van der Waals surface area (Å²) >= 11 is 0. The molecule has 86 valence electrons. The van der Waals surface area contributed by atoms with E-state index >= 15 is 0 Å². The summed E-state index contributed by atoms with van der Waals surface area (Å²) in [6.07, 6.45) is 5.38. The Labute approximate surface area is 99.9 Å². The zero-order valence-electron chi connectivity index (χ0n) is 9.81. The van der Waals surface area contributed by atoms with Crippen molar-refractivity contribution in [1.29, 1.82) is 0 Å². The lowest BCUT2D eigenvalue weighted by atomic mass is 10.1. The van der Waals surface area contributed by atoms with E-state index in [1.54, 1.807) is 6.07 Å². The molecule has 2 nitrogen and oxygen atoms in total. The van der Waals surface area contributed by atoms with Gasteiger partial charge in [0.05, 0.1) is 0 Å². The van der Waals surface area contributed by atoms with Crippen LogP contribution >= 0.6 is 0 Å². The first kappa shape index (κ1) is 11.5. The van der Waals surface area contributed by atoms with Crippen LogP contribution in [-0.2, 0) is 0 Å². The molecule has 0 spiro atoms. The van der Waals surface area contributed by atoms with Gasteiger partial charge in [-0.05, 0) is 49.2 Å². The topological polar surface area (TPSA) is 25.8 Å². The predicted octanol–water partition coefficient (Wildman–Crippen LogP) is 3.40. The minimum atomic E-state index is -0.460. The zero-order valence-corrected chi connectivity index (χ0v) is 9.81. The van der Waals surface area contributed by atoms with Gasteiger partial charge in [-0.1, -0.05) is 12.2 Å². The largest absolute Gasteiger partial charge is 0.258 e. The van der Waals surface area contributed by atoms with Crippen LogP contribution in [0.15, 0.2) is 30.5 Å². The van der Waals surface area contributed by atoms with Crippen LogP contribution in [0.1, 0.15) is 22.5 Å². The summed E-state index contributed by atoms with van der Waals surface area (Å²) in [6, 6.07) is 7.05. The van der Waals surface area contributed by atoms with E-state index < -0.39 is 5.95 Å². The monoisotopic (exact) mass is 228 g/mol. The van der Waals surface area contributed by atoms with Gasteiger partial charge in [-0.25, -0.2) is 4.98 Å². The van der Waals surface area contributed by atoms with Gasteiger partial charge in [0.1, 0.15) is 0 Å². The molecule has 0 saturated carbocycles. The van der Waals surface area contributed by atoms with Crippen LogP contribution in [0.5, 0.6) is 0 Å². The maximum absolute atomic E-state index is 12.6. The number of rotatable bonds is 2. The molecule has 0 aliphatic carbocycles. The Balaban J connectivity index is 2.22. The van der Waals surface area contributed by atoms with Gasteiger partial charge in [-0.3, -0.25) is 4.98 Å². The Hall–Kier alpha value is -2.03. The number of halogens is 1. The summed E-state index contributed by atoms with van der Waals surface area (Å²) in [5, 5.41) is 0. The van der Waals surface area contributed by atoms with Crippen molar-refractivity contribution >= 4 is 12.2 Å². The third-order valence-electron chi connectivity index (χ3n) is 2.32. The molecule has 0 amide bonds. The molecule has 0 radical (unpaired) electrons. The van der Waals surface area contributed by atoms with Crippen molar-refractivity contribution in [3.05, 3.63) is 58.9 Å². The summed E-state index contributed by atoms with van der Waals surface area (Å²) in [5.41, 5.74) is 3.93. The molecule has 0 N–H and O–H groups in total. The highest BCUT2D eigenvalue weighted by Gasteiger charge is 1.94. The SMILES string of the molecule is Cc1cc(/C=C/c2ccc(F)nc2)cc(C)n1. The average Bonchev–Trinajstić information content (AvgIpc) is 2.27. The molecule has 0 unspecified atom stereocenters. The van der Waals surface area contributed by atoms with Crippen LogP contribution in [0, 0.1) is 19.8 Å². The molecule has 2 aromatic rings. The highest BCUT2D eigenvalue weighted by atomic mass is 19.1. The fourth-order valence-electron chi connectivity index (χ4n) is 1.64. The van der Waals surface area contributed by atoms with Crippen LogP contribution in [0.2, 0.25) is 0 Å². The Morgan fingerprint density at radius 1 is 1.00 bits per heavy atom. The summed E-state index contributed by atoms with van der Waals surface area (Å²) in [7, 11) is 0. The van der Waals surface area contributed by atoms with E-state index in [-0.39, 0.29) is 0 Å². The van der Waals surface area contributed by atoms with Gasteiger partial charge in [0, 0.05) is 17.6 Å². The quantitative estimate of drug-likeness (QED) is 0.736. The number of hydrogen-bond acceptors (Lipinski definition) is 2. The highest BCUT2D eigenvalue weighted by molar-refractivity contribution is 5.69. The standard InChI is InChI=1S/C14H13FN2/c1-10-7-13(8-11(2)17-10)4-3-12-5-6-14(15)16-9-12/h3-9H,1-2H3/b4-3+. The molecular formula is C14H13FN2. The first-order valence-corrected chi connectivity index (χ1v) is 5.38. The number of hydrogen-bond donors (Lipinski definition) is 0. The lowest BCUT2D eigenvalue weighted by Gasteiger charge is -1.99. The molecule has 0 atom stereocenters. The van der Waals surface area contributed by atoms with Crippen LogP contribution in [-0.4, -0.2) is 9.97 Å². The molecule has 2 aromatic heterocycles. The molecule has 2 rings (SSSR count). The van der Waals surface area contributed by atoms with Crippen LogP contribution in [0.4, 0.5) is 4.39 Å². The third-order valence-corrected chi connectivity index (χ3v) is 2.32. The van der Waals surface area contributed by atoms with E-state index in [9.17, 15) is 4.39 Å². The van der Waals surface area contributed by atoms with E-state index in [4.69, 9.17) is 0 Å². The van der Waals surface area contributed by atoms with E-state index in [0.717, 1.165) is 22.5 Å². The van der Waals surface area contributed by atoms with Crippen molar-refractivity contribution in [2.75, 3.05) is 0 Å². The van der Waals surface area contributed by atoms with Gasteiger partial charge in [0.15, 0.2) is 0 Å². The summed E-state index contributed by atoms with van der Waals surface area (Å²) in [4.78, 5) is 7.90. The molecule has 0 aromatic carbocycles. The van der Waals surface area contributed by atoms with E-state index in [1.807, 2.05) is 38.1 Å². The minimum absolute atomic E-state index is 0.460. The lowest BCUT2D eigenvalue weighted by molar-refractivity contribution is 0.583. The summed E-state index contributed by atoms with van der Waals surface area (Å²) in [5.74, 6) is -0.460. The predicted molar refractivity (Wildman–Crippen MR) is 66.8 cm³/mol. The molecule has 3 heteroatoms. The molecule has 2 heterocycles. The van der Waals surface area contributed by atoms with Gasteiger partial charge in [-0.2, -0.15) is 4.39 Å². The third kappa shape index (κ3) is 3.21. The van der Waals surface area contributed by atoms with E-state index in [1.165, 1.54) is 12.3 Å². The average molecular weight is 228 g/mol. The Morgan fingerprint density at radius 3 is 2.24 bits per heavy atom. The molecule has 0 aliphatic heterocycles. The molecule has 0 saturated heterocycles. The first-order chi connectivity index (χ1) is 8.13. The van der Waals surface area contributed by atoms with Crippen LogP contribution < -0.4 is 0 Å². The van der Waals surface area contributed by atoms with Crippen molar-refractivity contribution in [2.45, 2.75) is 13.8 Å². The molecular weight excluding hydrogens is 215 g/mol. The molecule has 0 fully saturated rings. The van der Waals surface area contributed by atoms with Crippen LogP contribution in [0.25, 0.3) is 12.2 Å². The first-order valence-electron chi connectivity index (χ1n) is 5.38. The van der Waals surface area contributed by atoms with Crippen molar-refractivity contribution < 1.29 is 4.39 Å². The highest BCUT2D eigenvalue weighted by Crippen LogP contribution is 2.10. The summed E-state index contributed by atoms with van der Waals surface area (Å²) < 4.78 is 12.6. The van der Waals surface area contributed by atoms with Crippen molar-refractivity contribution in [1.82, 2.24) is 9.97 Å². The fourth-order valence-corrected chi connectivity index (χ4v) is 1.64. The van der Waals surface area contributed by atoms with Crippen LogP contribution in [0.3, 0.4) is 0 Å². The number of nitrogens with zero attached hydrogens (tertiary/aromatic N) is 2. The van der Waals surface area contributed by atoms with Gasteiger partial charge < -0.3 is 0 Å². The second-order valence-corrected chi connectivity index (χ2v) is 3.93. The van der Waals surface area contributed by atoms with Gasteiger partial charge in [-0.15, -0.1) is 0 Å². The van der Waals surface area contributed by atoms with Crippen molar-refractivity contribution in [3.8, 4) is 0 Å². The minimum Gasteiger partial charge on any atom is -0.258 e. The van der Waals surface area contributed by atoms with E-state index in [2.05, 4.69) is 9.97 Å². The van der Waals surface area contributed by atoms with Crippen molar-refractivity contribution in [3.63, 3.8) is 0 Å². The smallest absolute Gasteiger partial charge is 0.212 e. The number of aromatic nitrogens is 2. The Morgan fingerprint density at radius 2 is 1.65 bits per heavy atom. The second-order valence-electron chi connectivity index (χ2n) is 3.93. The number of aryl methyl sites for hydroxylation is 2. The molecule has 0 bridgehead atoms. The van der Waals surface area contributed by atoms with E-state index in [0.29, 0.717) is 0 Å². The maximum Gasteiger partial charge on any atom is 0.212 e.